The largest absolute Gasteiger partial charge is 0.456 e. The van der Waals surface area contributed by atoms with Gasteiger partial charge in [0, 0.05) is 6.42 Å². The highest BCUT2D eigenvalue weighted by Crippen LogP contribution is 2.37. The van der Waals surface area contributed by atoms with Gasteiger partial charge in [-0.05, 0) is 69.2 Å². The fourth-order valence-corrected chi connectivity index (χ4v) is 5.79. The third-order valence-corrected chi connectivity index (χ3v) is 7.71. The minimum atomic E-state index is -0.641. The molecule has 5 nitrogen and oxygen atoms in total. The molecule has 0 saturated heterocycles. The third kappa shape index (κ3) is 6.73. The number of hydrogen-bond donors (Lipinski definition) is 0. The van der Waals surface area contributed by atoms with Crippen molar-refractivity contribution in [3.8, 4) is 11.1 Å². The second-order valence-electron chi connectivity index (χ2n) is 12.2. The van der Waals surface area contributed by atoms with Gasteiger partial charge in [0.1, 0.15) is 17.0 Å². The number of rotatable bonds is 9. The maximum absolute atomic E-state index is 13.8. The normalized spacial score (nSPS) is 20.5. The molecule has 1 aliphatic heterocycles. The van der Waals surface area contributed by atoms with Crippen molar-refractivity contribution < 1.29 is 14.3 Å². The van der Waals surface area contributed by atoms with Crippen LogP contribution >= 0.6 is 0 Å². The van der Waals surface area contributed by atoms with Gasteiger partial charge in [0.2, 0.25) is 0 Å². The number of hydrogen-bond acceptors (Lipinski definition) is 4. The standard InChI is InChI=1S/C33H44N2O3/c1-6-7-17-29-34-33(5,22-24-13-9-8-10-14-24)31(37)35(29)23-25-18-20-26(21-19-25)27-15-11-12-16-28(27)30(36)38-32(2,3)4/h11-12,15-16,18-21,24H,6-10,13-14,17,22-23H2,1-5H3/t33-/m1/s1. The second-order valence-corrected chi connectivity index (χ2v) is 12.2. The van der Waals surface area contributed by atoms with E-state index in [9.17, 15) is 9.59 Å². The lowest BCUT2D eigenvalue weighted by Gasteiger charge is -2.29. The Kier molecular flexibility index (Phi) is 8.74. The second kappa shape index (κ2) is 11.8. The maximum atomic E-state index is 13.8. The molecule has 0 aromatic heterocycles. The summed E-state index contributed by atoms with van der Waals surface area (Å²) in [4.78, 5) is 33.6. The number of esters is 1. The summed E-state index contributed by atoms with van der Waals surface area (Å²) in [6.45, 7) is 10.4. The van der Waals surface area contributed by atoms with Crippen LogP contribution in [0.2, 0.25) is 0 Å². The number of aliphatic imine (C=N–C) groups is 1. The molecule has 0 spiro atoms. The first-order chi connectivity index (χ1) is 18.1. The van der Waals surface area contributed by atoms with Crippen molar-refractivity contribution in [1.29, 1.82) is 0 Å². The first-order valence-corrected chi connectivity index (χ1v) is 14.4. The summed E-state index contributed by atoms with van der Waals surface area (Å²) >= 11 is 0. The summed E-state index contributed by atoms with van der Waals surface area (Å²) < 4.78 is 5.63. The molecule has 1 atom stereocenters. The van der Waals surface area contributed by atoms with E-state index in [-0.39, 0.29) is 11.9 Å². The molecule has 5 heteroatoms. The van der Waals surface area contributed by atoms with Crippen LogP contribution in [0.4, 0.5) is 0 Å². The Morgan fingerprint density at radius 3 is 2.39 bits per heavy atom. The van der Waals surface area contributed by atoms with Crippen molar-refractivity contribution >= 4 is 17.7 Å². The molecule has 1 saturated carbocycles. The average molecular weight is 517 g/mol. The van der Waals surface area contributed by atoms with Gasteiger partial charge >= 0.3 is 5.97 Å². The minimum absolute atomic E-state index is 0.147. The van der Waals surface area contributed by atoms with Crippen molar-refractivity contribution in [2.75, 3.05) is 0 Å². The summed E-state index contributed by atoms with van der Waals surface area (Å²) in [5, 5.41) is 0. The van der Waals surface area contributed by atoms with Crippen LogP contribution in [0.25, 0.3) is 11.1 Å². The summed E-state index contributed by atoms with van der Waals surface area (Å²) in [7, 11) is 0. The third-order valence-electron chi connectivity index (χ3n) is 7.71. The monoisotopic (exact) mass is 516 g/mol. The SMILES string of the molecule is CCCCC1=N[C@](C)(CC2CCCCC2)C(=O)N1Cc1ccc(-c2ccccc2C(=O)OC(C)(C)C)cc1. The molecular formula is C33H44N2O3. The molecule has 1 amide bonds. The fourth-order valence-electron chi connectivity index (χ4n) is 5.79. The number of carbonyl (C=O) groups is 2. The highest BCUT2D eigenvalue weighted by atomic mass is 16.6. The van der Waals surface area contributed by atoms with Gasteiger partial charge in [-0.25, -0.2) is 4.79 Å². The molecule has 38 heavy (non-hydrogen) atoms. The number of unbranched alkanes of at least 4 members (excludes halogenated alkanes) is 1. The molecule has 2 aliphatic rings. The van der Waals surface area contributed by atoms with Crippen molar-refractivity contribution in [2.24, 2.45) is 10.9 Å². The van der Waals surface area contributed by atoms with Gasteiger partial charge in [-0.1, -0.05) is 87.9 Å². The zero-order valence-electron chi connectivity index (χ0n) is 23.9. The smallest absolute Gasteiger partial charge is 0.339 e. The molecule has 4 rings (SSSR count). The number of carbonyl (C=O) groups excluding carboxylic acids is 2. The molecule has 0 N–H and O–H groups in total. The molecule has 1 fully saturated rings. The van der Waals surface area contributed by atoms with E-state index in [0.29, 0.717) is 18.0 Å². The van der Waals surface area contributed by atoms with Crippen LogP contribution < -0.4 is 0 Å². The van der Waals surface area contributed by atoms with Crippen LogP contribution in [-0.2, 0) is 16.1 Å². The number of nitrogens with zero attached hydrogens (tertiary/aromatic N) is 2. The Morgan fingerprint density at radius 1 is 1.05 bits per heavy atom. The number of amides is 1. The molecular weight excluding hydrogens is 472 g/mol. The van der Waals surface area contributed by atoms with Gasteiger partial charge in [0.25, 0.3) is 5.91 Å². The number of amidine groups is 1. The quantitative estimate of drug-likeness (QED) is 0.318. The first-order valence-electron chi connectivity index (χ1n) is 14.4. The van der Waals surface area contributed by atoms with E-state index in [1.54, 1.807) is 0 Å². The van der Waals surface area contributed by atoms with Crippen molar-refractivity contribution in [3.05, 3.63) is 59.7 Å². The van der Waals surface area contributed by atoms with Gasteiger partial charge in [0.05, 0.1) is 12.1 Å². The minimum Gasteiger partial charge on any atom is -0.456 e. The molecule has 2 aromatic rings. The average Bonchev–Trinajstić information content (AvgIpc) is 3.11. The van der Waals surface area contributed by atoms with Crippen LogP contribution in [0.5, 0.6) is 0 Å². The van der Waals surface area contributed by atoms with Crippen LogP contribution in [0.1, 0.15) is 108 Å². The topological polar surface area (TPSA) is 59.0 Å². The predicted molar refractivity (Wildman–Crippen MR) is 154 cm³/mol. The molecule has 0 bridgehead atoms. The van der Waals surface area contributed by atoms with Gasteiger partial charge < -0.3 is 4.74 Å². The molecule has 2 aromatic carbocycles. The van der Waals surface area contributed by atoms with Crippen molar-refractivity contribution in [2.45, 2.75) is 110 Å². The maximum Gasteiger partial charge on any atom is 0.339 e. The van der Waals surface area contributed by atoms with Crippen molar-refractivity contribution in [3.63, 3.8) is 0 Å². The zero-order valence-corrected chi connectivity index (χ0v) is 23.9. The van der Waals surface area contributed by atoms with Gasteiger partial charge in [-0.15, -0.1) is 0 Å². The molecule has 1 aliphatic carbocycles. The summed E-state index contributed by atoms with van der Waals surface area (Å²) in [6, 6.07) is 15.7. The molecule has 0 radical (unpaired) electrons. The Labute approximate surface area is 228 Å². The van der Waals surface area contributed by atoms with E-state index in [2.05, 4.69) is 19.1 Å². The lowest BCUT2D eigenvalue weighted by Crippen LogP contribution is -2.41. The van der Waals surface area contributed by atoms with Gasteiger partial charge in [-0.2, -0.15) is 0 Å². The molecule has 204 valence electrons. The summed E-state index contributed by atoms with van der Waals surface area (Å²) in [5.74, 6) is 1.36. The van der Waals surface area contributed by atoms with E-state index in [1.165, 1.54) is 32.1 Å². The van der Waals surface area contributed by atoms with Gasteiger partial charge in [0.15, 0.2) is 0 Å². The van der Waals surface area contributed by atoms with E-state index in [1.807, 2.05) is 69.0 Å². The van der Waals surface area contributed by atoms with Crippen LogP contribution in [-0.4, -0.2) is 33.8 Å². The molecule has 1 heterocycles. The molecule has 0 unspecified atom stereocenters. The van der Waals surface area contributed by atoms with Crippen molar-refractivity contribution in [1.82, 2.24) is 4.90 Å². The number of ether oxygens (including phenoxy) is 1. The highest BCUT2D eigenvalue weighted by molar-refractivity contribution is 6.08. The Morgan fingerprint density at radius 2 is 1.74 bits per heavy atom. The van der Waals surface area contributed by atoms with Crippen LogP contribution in [0, 0.1) is 5.92 Å². The fraction of sp³-hybridized carbons (Fsp3) is 0.545. The zero-order chi connectivity index (χ0) is 27.3. The van der Waals surface area contributed by atoms with Crippen LogP contribution in [0.3, 0.4) is 0 Å². The lowest BCUT2D eigenvalue weighted by molar-refractivity contribution is -0.131. The summed E-state index contributed by atoms with van der Waals surface area (Å²) in [5.41, 5.74) is 2.21. The highest BCUT2D eigenvalue weighted by Gasteiger charge is 2.45. The van der Waals surface area contributed by atoms with Gasteiger partial charge in [-0.3, -0.25) is 14.7 Å². The van der Waals surface area contributed by atoms with E-state index in [0.717, 1.165) is 48.2 Å². The first kappa shape index (κ1) is 28.1. The Bertz CT molecular complexity index is 1160. The Balaban J connectivity index is 1.52. The van der Waals surface area contributed by atoms with E-state index in [4.69, 9.17) is 9.73 Å². The predicted octanol–water partition coefficient (Wildman–Crippen LogP) is 7.97. The summed E-state index contributed by atoms with van der Waals surface area (Å²) in [6.07, 6.45) is 10.1. The lowest BCUT2D eigenvalue weighted by atomic mass is 9.80. The van der Waals surface area contributed by atoms with Crippen LogP contribution in [0.15, 0.2) is 53.5 Å². The van der Waals surface area contributed by atoms with E-state index < -0.39 is 11.1 Å². The Hall–Kier alpha value is -2.95. The number of benzene rings is 2. The van der Waals surface area contributed by atoms with E-state index >= 15 is 0 Å².